The molecule has 0 radical (unpaired) electrons. The van der Waals surface area contributed by atoms with Gasteiger partial charge in [0.2, 0.25) is 5.91 Å². The van der Waals surface area contributed by atoms with Gasteiger partial charge in [-0.3, -0.25) is 4.79 Å². The van der Waals surface area contributed by atoms with Gasteiger partial charge in [-0.2, -0.15) is 0 Å². The smallest absolute Gasteiger partial charge is 0.237 e. The molecule has 3 heteroatoms. The van der Waals surface area contributed by atoms with E-state index in [9.17, 15) is 4.79 Å². The van der Waals surface area contributed by atoms with Crippen LogP contribution in [-0.4, -0.2) is 11.9 Å². The molecule has 1 atom stereocenters. The van der Waals surface area contributed by atoms with Gasteiger partial charge in [-0.05, 0) is 17.9 Å². The maximum absolute atomic E-state index is 11.6. The van der Waals surface area contributed by atoms with Crippen LogP contribution in [-0.2, 0) is 11.3 Å². The fourth-order valence-electron chi connectivity index (χ4n) is 1.53. The van der Waals surface area contributed by atoms with Crippen LogP contribution in [0, 0.1) is 5.92 Å². The highest BCUT2D eigenvalue weighted by Gasteiger charge is 2.13. The molecule has 16 heavy (non-hydrogen) atoms. The van der Waals surface area contributed by atoms with Gasteiger partial charge in [0.05, 0.1) is 6.04 Å². The van der Waals surface area contributed by atoms with Gasteiger partial charge in [0.1, 0.15) is 0 Å². The largest absolute Gasteiger partial charge is 0.351 e. The Kier molecular flexibility index (Phi) is 4.99. The Morgan fingerprint density at radius 1 is 1.31 bits per heavy atom. The second-order valence-corrected chi connectivity index (χ2v) is 4.44. The highest BCUT2D eigenvalue weighted by molar-refractivity contribution is 5.81. The second kappa shape index (κ2) is 6.28. The van der Waals surface area contributed by atoms with Crippen molar-refractivity contribution in [2.45, 2.75) is 32.9 Å². The van der Waals surface area contributed by atoms with Crippen LogP contribution < -0.4 is 11.1 Å². The van der Waals surface area contributed by atoms with Crippen molar-refractivity contribution in [1.82, 2.24) is 5.32 Å². The fourth-order valence-corrected chi connectivity index (χ4v) is 1.53. The van der Waals surface area contributed by atoms with E-state index in [1.165, 1.54) is 0 Å². The predicted octanol–water partition coefficient (Wildman–Crippen LogP) is 1.68. The molecule has 88 valence electrons. The maximum atomic E-state index is 11.6. The molecular weight excluding hydrogens is 200 g/mol. The minimum atomic E-state index is -0.399. The Labute approximate surface area is 97.0 Å². The van der Waals surface area contributed by atoms with Crippen LogP contribution in [0.25, 0.3) is 0 Å². The molecule has 3 nitrogen and oxygen atoms in total. The van der Waals surface area contributed by atoms with E-state index in [0.29, 0.717) is 12.5 Å². The van der Waals surface area contributed by atoms with Crippen molar-refractivity contribution in [3.63, 3.8) is 0 Å². The molecule has 0 aromatic heterocycles. The van der Waals surface area contributed by atoms with Gasteiger partial charge in [-0.15, -0.1) is 0 Å². The summed E-state index contributed by atoms with van der Waals surface area (Å²) in [5.74, 6) is 0.370. The summed E-state index contributed by atoms with van der Waals surface area (Å²) >= 11 is 0. The Hall–Kier alpha value is -1.35. The van der Waals surface area contributed by atoms with E-state index in [1.807, 2.05) is 30.3 Å². The lowest BCUT2D eigenvalue weighted by molar-refractivity contribution is -0.122. The summed E-state index contributed by atoms with van der Waals surface area (Å²) < 4.78 is 0. The number of hydrogen-bond donors (Lipinski definition) is 2. The van der Waals surface area contributed by atoms with Crippen LogP contribution in [0.2, 0.25) is 0 Å². The molecule has 0 saturated heterocycles. The molecule has 0 saturated carbocycles. The lowest BCUT2D eigenvalue weighted by atomic mass is 10.0. The van der Waals surface area contributed by atoms with Crippen molar-refractivity contribution < 1.29 is 4.79 Å². The van der Waals surface area contributed by atoms with E-state index in [-0.39, 0.29) is 5.91 Å². The monoisotopic (exact) mass is 220 g/mol. The van der Waals surface area contributed by atoms with Crippen LogP contribution in [0.3, 0.4) is 0 Å². The Bertz CT molecular complexity index is 322. The number of benzene rings is 1. The first-order chi connectivity index (χ1) is 7.59. The molecule has 3 N–H and O–H groups in total. The normalized spacial score (nSPS) is 12.5. The molecule has 1 aromatic carbocycles. The van der Waals surface area contributed by atoms with Gasteiger partial charge in [-0.25, -0.2) is 0 Å². The van der Waals surface area contributed by atoms with E-state index in [1.54, 1.807) is 0 Å². The summed E-state index contributed by atoms with van der Waals surface area (Å²) in [6, 6.07) is 9.42. The van der Waals surface area contributed by atoms with Crippen molar-refractivity contribution >= 4 is 5.91 Å². The van der Waals surface area contributed by atoms with E-state index in [4.69, 9.17) is 5.73 Å². The summed E-state index contributed by atoms with van der Waals surface area (Å²) in [6.45, 7) is 4.67. The van der Waals surface area contributed by atoms with Crippen LogP contribution in [0.15, 0.2) is 30.3 Å². The molecule has 0 aliphatic heterocycles. The van der Waals surface area contributed by atoms with Gasteiger partial charge in [0, 0.05) is 6.54 Å². The van der Waals surface area contributed by atoms with Crippen molar-refractivity contribution in [3.05, 3.63) is 35.9 Å². The predicted molar refractivity (Wildman–Crippen MR) is 65.7 cm³/mol. The Morgan fingerprint density at radius 3 is 2.50 bits per heavy atom. The highest BCUT2D eigenvalue weighted by atomic mass is 16.2. The number of carbonyl (C=O) groups excluding carboxylic acids is 1. The summed E-state index contributed by atoms with van der Waals surface area (Å²) in [6.07, 6.45) is 0.723. The van der Waals surface area contributed by atoms with Crippen molar-refractivity contribution in [1.29, 1.82) is 0 Å². The average Bonchev–Trinajstić information content (AvgIpc) is 2.26. The number of hydrogen-bond acceptors (Lipinski definition) is 2. The molecule has 0 fully saturated rings. The molecule has 0 bridgehead atoms. The molecule has 0 heterocycles. The third kappa shape index (κ3) is 4.45. The van der Waals surface area contributed by atoms with Gasteiger partial charge >= 0.3 is 0 Å². The van der Waals surface area contributed by atoms with Crippen LogP contribution in [0.1, 0.15) is 25.8 Å². The van der Waals surface area contributed by atoms with Crippen molar-refractivity contribution in [2.24, 2.45) is 11.7 Å². The Balaban J connectivity index is 2.35. The van der Waals surface area contributed by atoms with E-state index in [2.05, 4.69) is 19.2 Å². The van der Waals surface area contributed by atoms with Crippen molar-refractivity contribution in [2.75, 3.05) is 0 Å². The average molecular weight is 220 g/mol. The summed E-state index contributed by atoms with van der Waals surface area (Å²) in [5, 5.41) is 2.84. The van der Waals surface area contributed by atoms with Gasteiger partial charge in [0.25, 0.3) is 0 Å². The molecule has 0 spiro atoms. The number of carbonyl (C=O) groups is 1. The quantitative estimate of drug-likeness (QED) is 0.793. The summed E-state index contributed by atoms with van der Waals surface area (Å²) in [7, 11) is 0. The second-order valence-electron chi connectivity index (χ2n) is 4.44. The topological polar surface area (TPSA) is 55.1 Å². The third-order valence-corrected chi connectivity index (χ3v) is 2.37. The number of nitrogens with two attached hydrogens (primary N) is 1. The minimum absolute atomic E-state index is 0.0717. The SMILES string of the molecule is CC(C)C[C@H](N)C(=O)NCc1ccccc1. The highest BCUT2D eigenvalue weighted by Crippen LogP contribution is 2.03. The van der Waals surface area contributed by atoms with E-state index in [0.717, 1.165) is 12.0 Å². The lowest BCUT2D eigenvalue weighted by Crippen LogP contribution is -2.40. The zero-order valence-electron chi connectivity index (χ0n) is 9.94. The molecular formula is C13H20N2O. The number of amides is 1. The summed E-state index contributed by atoms with van der Waals surface area (Å²) in [5.41, 5.74) is 6.86. The molecule has 0 unspecified atom stereocenters. The Morgan fingerprint density at radius 2 is 1.94 bits per heavy atom. The molecule has 1 aromatic rings. The standard InChI is InChI=1S/C13H20N2O/c1-10(2)8-12(14)13(16)15-9-11-6-4-3-5-7-11/h3-7,10,12H,8-9,14H2,1-2H3,(H,15,16)/t12-/m0/s1. The van der Waals surface area contributed by atoms with Gasteiger partial charge in [0.15, 0.2) is 0 Å². The lowest BCUT2D eigenvalue weighted by Gasteiger charge is -2.14. The maximum Gasteiger partial charge on any atom is 0.237 e. The first-order valence-electron chi connectivity index (χ1n) is 5.67. The molecule has 0 aliphatic rings. The minimum Gasteiger partial charge on any atom is -0.351 e. The van der Waals surface area contributed by atoms with Gasteiger partial charge < -0.3 is 11.1 Å². The van der Waals surface area contributed by atoms with Gasteiger partial charge in [-0.1, -0.05) is 44.2 Å². The summed E-state index contributed by atoms with van der Waals surface area (Å²) in [4.78, 5) is 11.6. The van der Waals surface area contributed by atoms with Crippen LogP contribution in [0.4, 0.5) is 0 Å². The molecule has 1 rings (SSSR count). The first-order valence-corrected chi connectivity index (χ1v) is 5.67. The van der Waals surface area contributed by atoms with E-state index >= 15 is 0 Å². The zero-order valence-corrected chi connectivity index (χ0v) is 9.94. The first kappa shape index (κ1) is 12.7. The number of nitrogens with one attached hydrogen (secondary N) is 1. The fraction of sp³-hybridized carbons (Fsp3) is 0.462. The van der Waals surface area contributed by atoms with Crippen molar-refractivity contribution in [3.8, 4) is 0 Å². The molecule has 0 aliphatic carbocycles. The molecule has 1 amide bonds. The van der Waals surface area contributed by atoms with Crippen LogP contribution in [0.5, 0.6) is 0 Å². The third-order valence-electron chi connectivity index (χ3n) is 2.37. The van der Waals surface area contributed by atoms with Crippen LogP contribution >= 0.6 is 0 Å². The number of rotatable bonds is 5. The van der Waals surface area contributed by atoms with E-state index < -0.39 is 6.04 Å². The zero-order chi connectivity index (χ0) is 12.0.